The molecule has 1 N–H and O–H groups in total. The molecule has 1 aromatic carbocycles. The molecule has 2 saturated heterocycles. The van der Waals surface area contributed by atoms with Gasteiger partial charge < -0.3 is 24.3 Å². The van der Waals surface area contributed by atoms with Gasteiger partial charge in [-0.3, -0.25) is 9.58 Å². The first kappa shape index (κ1) is 33.6. The summed E-state index contributed by atoms with van der Waals surface area (Å²) in [7, 11) is 0. The minimum Gasteiger partial charge on any atom is -0.487 e. The fourth-order valence-corrected chi connectivity index (χ4v) is 7.11. The molecule has 15 heteroatoms. The van der Waals surface area contributed by atoms with Gasteiger partial charge in [-0.05, 0) is 81.0 Å². The average molecular weight is 693 g/mol. The van der Waals surface area contributed by atoms with Gasteiger partial charge in [-0.25, -0.2) is 14.6 Å². The molecule has 0 spiro atoms. The summed E-state index contributed by atoms with van der Waals surface area (Å²) in [6.07, 6.45) is 12.9. The molecule has 5 heterocycles. The number of ether oxygens (including phenoxy) is 4. The Labute approximate surface area is 291 Å². The Morgan fingerprint density at radius 2 is 1.78 bits per heavy atom. The predicted octanol–water partition coefficient (Wildman–Crippen LogP) is 5.20. The zero-order chi connectivity index (χ0) is 33.7. The highest BCUT2D eigenvalue weighted by Gasteiger charge is 2.32. The summed E-state index contributed by atoms with van der Waals surface area (Å²) in [6, 6.07) is 6.53. The zero-order valence-corrected chi connectivity index (χ0v) is 29.1. The highest BCUT2D eigenvalue weighted by atomic mass is 35.5. The Kier molecular flexibility index (Phi) is 10.5. The Bertz CT molecular complexity index is 1630. The van der Waals surface area contributed by atoms with Crippen molar-refractivity contribution in [2.24, 2.45) is 5.92 Å². The molecule has 3 aromatic heterocycles. The largest absolute Gasteiger partial charge is 0.487 e. The number of aromatic nitrogens is 8. The number of tetrazole rings is 1. The molecule has 0 radical (unpaired) electrons. The van der Waals surface area contributed by atoms with Crippen LogP contribution in [0.5, 0.6) is 11.6 Å². The van der Waals surface area contributed by atoms with E-state index in [9.17, 15) is 0 Å². The van der Waals surface area contributed by atoms with Gasteiger partial charge in [0.25, 0.3) is 5.88 Å². The van der Waals surface area contributed by atoms with E-state index < -0.39 is 0 Å². The second kappa shape index (κ2) is 15.4. The van der Waals surface area contributed by atoms with Crippen molar-refractivity contribution in [1.29, 1.82) is 0 Å². The maximum absolute atomic E-state index is 6.47. The van der Waals surface area contributed by atoms with Crippen LogP contribution in [0.15, 0.2) is 43.1 Å². The fourth-order valence-electron chi connectivity index (χ4n) is 6.95. The van der Waals surface area contributed by atoms with Crippen molar-refractivity contribution < 1.29 is 18.9 Å². The van der Waals surface area contributed by atoms with Crippen molar-refractivity contribution in [3.63, 3.8) is 0 Å². The number of benzene rings is 1. The number of rotatable bonds is 13. The number of halogens is 1. The predicted molar refractivity (Wildman–Crippen MR) is 183 cm³/mol. The van der Waals surface area contributed by atoms with E-state index in [2.05, 4.69) is 54.2 Å². The molecule has 1 aliphatic carbocycles. The molecule has 1 saturated carbocycles. The lowest BCUT2D eigenvalue weighted by atomic mass is 9.89. The van der Waals surface area contributed by atoms with Crippen LogP contribution in [0.1, 0.15) is 58.9 Å². The first-order valence-electron chi connectivity index (χ1n) is 17.3. The van der Waals surface area contributed by atoms with Gasteiger partial charge >= 0.3 is 0 Å². The first-order chi connectivity index (χ1) is 23.9. The molecule has 3 aliphatic rings. The normalized spacial score (nSPS) is 23.9. The smallest absolute Gasteiger partial charge is 0.256 e. The van der Waals surface area contributed by atoms with Crippen molar-refractivity contribution in [2.75, 3.05) is 38.2 Å². The van der Waals surface area contributed by atoms with E-state index in [0.717, 1.165) is 75.2 Å². The molecule has 0 bridgehead atoms. The van der Waals surface area contributed by atoms with Gasteiger partial charge in [-0.1, -0.05) is 17.7 Å². The van der Waals surface area contributed by atoms with Crippen LogP contribution in [0.4, 0.5) is 11.6 Å². The van der Waals surface area contributed by atoms with E-state index in [1.54, 1.807) is 23.4 Å². The van der Waals surface area contributed by atoms with Crippen LogP contribution in [0.25, 0.3) is 11.1 Å². The van der Waals surface area contributed by atoms with Crippen LogP contribution in [0.3, 0.4) is 0 Å². The lowest BCUT2D eigenvalue weighted by Crippen LogP contribution is -2.51. The molecule has 0 amide bonds. The Hall–Kier alpha value is -3.85. The van der Waals surface area contributed by atoms with Gasteiger partial charge in [0.1, 0.15) is 23.9 Å². The van der Waals surface area contributed by atoms with Gasteiger partial charge in [0.05, 0.1) is 55.8 Å². The molecular weight excluding hydrogens is 648 g/mol. The van der Waals surface area contributed by atoms with Crippen LogP contribution in [0.2, 0.25) is 5.02 Å². The summed E-state index contributed by atoms with van der Waals surface area (Å²) in [5, 5.41) is 20.1. The van der Waals surface area contributed by atoms with E-state index in [-0.39, 0.29) is 18.3 Å². The zero-order valence-electron chi connectivity index (χ0n) is 28.3. The van der Waals surface area contributed by atoms with Crippen LogP contribution in [-0.4, -0.2) is 102 Å². The lowest BCUT2D eigenvalue weighted by molar-refractivity contribution is -0.0852. The number of nitrogens with zero attached hydrogens (tertiary/aromatic N) is 9. The van der Waals surface area contributed by atoms with E-state index in [1.807, 2.05) is 31.3 Å². The van der Waals surface area contributed by atoms with Crippen molar-refractivity contribution in [3.8, 4) is 22.8 Å². The molecule has 7 rings (SSSR count). The molecule has 262 valence electrons. The minimum atomic E-state index is -0.203. The van der Waals surface area contributed by atoms with Crippen molar-refractivity contribution in [2.45, 2.75) is 89.8 Å². The second-order valence-electron chi connectivity index (χ2n) is 13.6. The average Bonchev–Trinajstić information content (AvgIpc) is 3.73. The SMILES string of the molecule is C[C@@H]1CN([C@H]2CC[C@H](n3cc(Nc4ncc(-c5ccc(Cl)c(O[C@@H](C)Cn6cnnn6)c5)cn4)c(OCCC4COC4)n3)CC2)C[C@H](C)O1. The third-order valence-electron chi connectivity index (χ3n) is 9.50. The minimum absolute atomic E-state index is 0.203. The third-order valence-corrected chi connectivity index (χ3v) is 9.81. The Balaban J connectivity index is 1.01. The number of hydrogen-bond donors (Lipinski definition) is 1. The molecule has 3 fully saturated rings. The molecule has 14 nitrogen and oxygen atoms in total. The number of nitrogens with one attached hydrogen (secondary N) is 1. The standard InChI is InChI=1S/C34H45ClN10O4/c1-22-15-43(16-23(2)48-22)28-5-7-29(8-6-28)45-18-31(33(40-45)47-11-10-25-19-46-20-25)39-34-36-13-27(14-37-34)26-4-9-30(35)32(12-26)49-24(3)17-44-21-38-41-42-44/h4,9,12-14,18,21-25,28-29H,5-8,10-11,15-17,19-20H2,1-3H3,(H,36,37,39)/t22-,23+,24-,28-,29-/m0/s1. The number of hydrogen-bond acceptors (Lipinski definition) is 12. The van der Waals surface area contributed by atoms with Crippen LogP contribution in [-0.2, 0) is 16.0 Å². The highest BCUT2D eigenvalue weighted by Crippen LogP contribution is 2.36. The maximum atomic E-state index is 6.47. The highest BCUT2D eigenvalue weighted by molar-refractivity contribution is 6.32. The van der Waals surface area contributed by atoms with Crippen molar-refractivity contribution in [3.05, 3.63) is 48.1 Å². The van der Waals surface area contributed by atoms with Gasteiger partial charge in [0.2, 0.25) is 5.95 Å². The topological polar surface area (TPSA) is 139 Å². The van der Waals surface area contributed by atoms with E-state index in [1.165, 1.54) is 0 Å². The summed E-state index contributed by atoms with van der Waals surface area (Å²) >= 11 is 6.47. The third kappa shape index (κ3) is 8.48. The van der Waals surface area contributed by atoms with Gasteiger partial charge in [-0.2, -0.15) is 0 Å². The number of morpholine rings is 1. The quantitative estimate of drug-likeness (QED) is 0.197. The molecule has 49 heavy (non-hydrogen) atoms. The second-order valence-corrected chi connectivity index (χ2v) is 14.0. The van der Waals surface area contributed by atoms with Crippen LogP contribution < -0.4 is 14.8 Å². The molecule has 2 aliphatic heterocycles. The van der Waals surface area contributed by atoms with Gasteiger partial charge in [-0.15, -0.1) is 10.2 Å². The van der Waals surface area contributed by atoms with E-state index in [4.69, 9.17) is 35.6 Å². The van der Waals surface area contributed by atoms with Crippen LogP contribution >= 0.6 is 11.6 Å². The summed E-state index contributed by atoms with van der Waals surface area (Å²) < 4.78 is 27.4. The van der Waals surface area contributed by atoms with Crippen LogP contribution in [0, 0.1) is 5.92 Å². The monoisotopic (exact) mass is 692 g/mol. The summed E-state index contributed by atoms with van der Waals surface area (Å²) in [4.78, 5) is 11.9. The summed E-state index contributed by atoms with van der Waals surface area (Å²) in [5.74, 6) is 2.14. The van der Waals surface area contributed by atoms with Crippen molar-refractivity contribution in [1.82, 2.24) is 44.9 Å². The summed E-state index contributed by atoms with van der Waals surface area (Å²) in [6.45, 7) is 11.0. The number of anilines is 2. The maximum Gasteiger partial charge on any atom is 0.256 e. The molecular formula is C34H45ClN10O4. The first-order valence-corrected chi connectivity index (χ1v) is 17.7. The molecule has 4 aromatic rings. The van der Waals surface area contributed by atoms with E-state index in [0.29, 0.717) is 53.8 Å². The van der Waals surface area contributed by atoms with Gasteiger partial charge in [0.15, 0.2) is 0 Å². The Morgan fingerprint density at radius 1 is 1.02 bits per heavy atom. The summed E-state index contributed by atoms with van der Waals surface area (Å²) in [5.41, 5.74) is 2.47. The van der Waals surface area contributed by atoms with Gasteiger partial charge in [0, 0.05) is 43.0 Å². The molecule has 3 atom stereocenters. The van der Waals surface area contributed by atoms with E-state index >= 15 is 0 Å². The Morgan fingerprint density at radius 3 is 2.47 bits per heavy atom. The molecule has 0 unspecified atom stereocenters. The lowest BCUT2D eigenvalue weighted by Gasteiger charge is -2.42. The fraction of sp³-hybridized carbons (Fsp3) is 0.588. The van der Waals surface area contributed by atoms with Crippen molar-refractivity contribution >= 4 is 23.2 Å².